The summed E-state index contributed by atoms with van der Waals surface area (Å²) >= 11 is 3.37. The highest BCUT2D eigenvalue weighted by atomic mass is 79.9. The summed E-state index contributed by atoms with van der Waals surface area (Å²) in [6.07, 6.45) is -2.90. The van der Waals surface area contributed by atoms with Gasteiger partial charge >= 0.3 is 12.1 Å². The molecule has 10 heteroatoms. The second kappa shape index (κ2) is 6.93. The molecule has 0 atom stereocenters. The van der Waals surface area contributed by atoms with Gasteiger partial charge in [0.1, 0.15) is 5.82 Å². The van der Waals surface area contributed by atoms with E-state index in [0.717, 1.165) is 16.1 Å². The first-order valence-electron chi connectivity index (χ1n) is 8.10. The molecule has 4 aromatic rings. The summed E-state index contributed by atoms with van der Waals surface area (Å²) in [5.41, 5.74) is 1.52. The fourth-order valence-corrected chi connectivity index (χ4v) is 3.30. The van der Waals surface area contributed by atoms with E-state index in [1.165, 1.54) is 21.3 Å². The molecule has 0 radical (unpaired) electrons. The number of imidazole rings is 1. The molecule has 144 valence electrons. The Hall–Kier alpha value is -2.88. The predicted molar refractivity (Wildman–Crippen MR) is 98.6 cm³/mol. The van der Waals surface area contributed by atoms with Gasteiger partial charge < -0.3 is 4.42 Å². The third kappa shape index (κ3) is 3.13. The van der Waals surface area contributed by atoms with E-state index in [1.807, 2.05) is 6.07 Å². The Morgan fingerprint density at radius 2 is 1.93 bits per heavy atom. The molecular weight excluding hydrogens is 441 g/mol. The molecule has 0 saturated carbocycles. The molecule has 0 N–H and O–H groups in total. The van der Waals surface area contributed by atoms with Gasteiger partial charge in [0.25, 0.3) is 5.89 Å². The lowest BCUT2D eigenvalue weighted by atomic mass is 10.1. The molecular formula is C18H12BrF3N4O2. The minimum atomic E-state index is -2.90. The number of rotatable bonds is 4. The van der Waals surface area contributed by atoms with Crippen LogP contribution in [0.1, 0.15) is 17.9 Å². The van der Waals surface area contributed by atoms with Gasteiger partial charge in [-0.3, -0.25) is 9.13 Å². The van der Waals surface area contributed by atoms with Crippen LogP contribution in [0.15, 0.2) is 50.1 Å². The number of hydrogen-bond donors (Lipinski definition) is 0. The van der Waals surface area contributed by atoms with Crippen LogP contribution in [0.25, 0.3) is 22.5 Å². The van der Waals surface area contributed by atoms with Crippen molar-refractivity contribution in [3.63, 3.8) is 0 Å². The first kappa shape index (κ1) is 18.5. The van der Waals surface area contributed by atoms with Gasteiger partial charge in [-0.05, 0) is 30.3 Å². The lowest BCUT2D eigenvalue weighted by Crippen LogP contribution is -2.23. The van der Waals surface area contributed by atoms with Crippen molar-refractivity contribution in [1.82, 2.24) is 19.3 Å². The molecule has 2 aromatic carbocycles. The predicted octanol–water partition coefficient (Wildman–Crippen LogP) is 4.28. The molecule has 2 heterocycles. The lowest BCUT2D eigenvalue weighted by molar-refractivity contribution is 0.116. The summed E-state index contributed by atoms with van der Waals surface area (Å²) < 4.78 is 48.3. The van der Waals surface area contributed by atoms with Crippen LogP contribution in [0.4, 0.5) is 13.2 Å². The number of halogens is 4. The molecule has 0 amide bonds. The normalized spacial score (nSPS) is 11.6. The summed E-state index contributed by atoms with van der Waals surface area (Å²) in [6, 6.07) is 9.46. The van der Waals surface area contributed by atoms with Crippen molar-refractivity contribution < 1.29 is 17.6 Å². The zero-order valence-corrected chi connectivity index (χ0v) is 16.0. The van der Waals surface area contributed by atoms with Gasteiger partial charge in [-0.25, -0.2) is 9.18 Å². The molecule has 2 aromatic heterocycles. The third-order valence-electron chi connectivity index (χ3n) is 4.36. The largest absolute Gasteiger partial charge is 0.415 e. The number of fused-ring (bicyclic) bond motifs is 1. The van der Waals surface area contributed by atoms with Crippen molar-refractivity contribution >= 4 is 27.0 Å². The average Bonchev–Trinajstić information content (AvgIpc) is 3.23. The molecule has 0 aliphatic heterocycles. The zero-order valence-electron chi connectivity index (χ0n) is 14.4. The van der Waals surface area contributed by atoms with Gasteiger partial charge in [0.05, 0.1) is 17.6 Å². The molecule has 0 saturated heterocycles. The first-order valence-corrected chi connectivity index (χ1v) is 8.89. The maximum absolute atomic E-state index is 14.6. The Morgan fingerprint density at radius 1 is 1.14 bits per heavy atom. The summed E-state index contributed by atoms with van der Waals surface area (Å²) in [5.74, 6) is -1.65. The van der Waals surface area contributed by atoms with Crippen LogP contribution in [0.3, 0.4) is 0 Å². The quantitative estimate of drug-likeness (QED) is 0.463. The van der Waals surface area contributed by atoms with E-state index < -0.39 is 18.1 Å². The summed E-state index contributed by atoms with van der Waals surface area (Å²) in [6.45, 7) is 0.00482. The zero-order chi connectivity index (χ0) is 20.0. The van der Waals surface area contributed by atoms with Crippen molar-refractivity contribution in [3.05, 3.63) is 68.6 Å². The molecule has 0 aliphatic carbocycles. The number of aryl methyl sites for hydroxylation is 1. The van der Waals surface area contributed by atoms with E-state index in [4.69, 9.17) is 4.42 Å². The number of hydrogen-bond acceptors (Lipinski definition) is 4. The Morgan fingerprint density at radius 3 is 2.61 bits per heavy atom. The fourth-order valence-electron chi connectivity index (χ4n) is 2.95. The van der Waals surface area contributed by atoms with Crippen LogP contribution in [-0.2, 0) is 13.6 Å². The summed E-state index contributed by atoms with van der Waals surface area (Å²) in [5, 5.41) is 6.73. The van der Waals surface area contributed by atoms with Crippen LogP contribution in [0.5, 0.6) is 0 Å². The maximum Gasteiger partial charge on any atom is 0.329 e. The third-order valence-corrected chi connectivity index (χ3v) is 4.86. The fraction of sp³-hybridized carbons (Fsp3) is 0.167. The van der Waals surface area contributed by atoms with Crippen LogP contribution < -0.4 is 5.69 Å². The molecule has 0 aliphatic rings. The Balaban J connectivity index is 1.71. The number of nitrogens with zero attached hydrogens (tertiary/aromatic N) is 4. The Kier molecular flexibility index (Phi) is 4.58. The second-order valence-electron chi connectivity index (χ2n) is 6.11. The highest BCUT2D eigenvalue weighted by molar-refractivity contribution is 9.10. The van der Waals surface area contributed by atoms with Gasteiger partial charge in [-0.2, -0.15) is 8.78 Å². The van der Waals surface area contributed by atoms with Crippen molar-refractivity contribution in [1.29, 1.82) is 0 Å². The molecule has 0 bridgehead atoms. The summed E-state index contributed by atoms with van der Waals surface area (Å²) in [7, 11) is 1.64. The van der Waals surface area contributed by atoms with Crippen molar-refractivity contribution in [2.45, 2.75) is 13.0 Å². The van der Waals surface area contributed by atoms with E-state index in [1.54, 1.807) is 19.2 Å². The van der Waals surface area contributed by atoms with Crippen molar-refractivity contribution in [2.24, 2.45) is 7.05 Å². The maximum atomic E-state index is 14.6. The molecule has 0 spiro atoms. The minimum absolute atomic E-state index is 0.00482. The van der Waals surface area contributed by atoms with Gasteiger partial charge in [0, 0.05) is 22.6 Å². The smallest absolute Gasteiger partial charge is 0.329 e. The van der Waals surface area contributed by atoms with Gasteiger partial charge in [0.15, 0.2) is 0 Å². The van der Waals surface area contributed by atoms with E-state index in [9.17, 15) is 18.0 Å². The second-order valence-corrected chi connectivity index (χ2v) is 7.03. The van der Waals surface area contributed by atoms with Crippen molar-refractivity contribution in [3.8, 4) is 11.5 Å². The van der Waals surface area contributed by atoms with E-state index in [0.29, 0.717) is 5.52 Å². The standard InChI is InChI=1S/C18H12BrF3N4O2/c1-25-13-5-4-11(19)7-14(13)26(18(25)27)8-10-3-2-9(6-12(10)20)16-23-24-17(28-16)15(21)22/h2-7,15H,8H2,1H3. The molecule has 4 rings (SSSR count). The van der Waals surface area contributed by atoms with Crippen LogP contribution in [-0.4, -0.2) is 19.3 Å². The Labute approximate surface area is 164 Å². The van der Waals surface area contributed by atoms with Gasteiger partial charge in [-0.15, -0.1) is 10.2 Å². The topological polar surface area (TPSA) is 65.8 Å². The molecule has 28 heavy (non-hydrogen) atoms. The van der Waals surface area contributed by atoms with Crippen LogP contribution in [0, 0.1) is 5.82 Å². The molecule has 0 unspecified atom stereocenters. The van der Waals surface area contributed by atoms with Crippen molar-refractivity contribution in [2.75, 3.05) is 0 Å². The molecule has 0 fully saturated rings. The summed E-state index contributed by atoms with van der Waals surface area (Å²) in [4.78, 5) is 12.6. The number of alkyl halides is 2. The van der Waals surface area contributed by atoms with Gasteiger partial charge in [-0.1, -0.05) is 22.0 Å². The van der Waals surface area contributed by atoms with Crippen LogP contribution in [0.2, 0.25) is 0 Å². The highest BCUT2D eigenvalue weighted by Gasteiger charge is 2.18. The number of aromatic nitrogens is 4. The Bertz CT molecular complexity index is 1250. The minimum Gasteiger partial charge on any atom is -0.415 e. The lowest BCUT2D eigenvalue weighted by Gasteiger charge is -2.06. The monoisotopic (exact) mass is 452 g/mol. The first-order chi connectivity index (χ1) is 13.3. The van der Waals surface area contributed by atoms with Crippen LogP contribution >= 0.6 is 15.9 Å². The molecule has 6 nitrogen and oxygen atoms in total. The van der Waals surface area contributed by atoms with E-state index >= 15 is 0 Å². The highest BCUT2D eigenvalue weighted by Crippen LogP contribution is 2.25. The van der Waals surface area contributed by atoms with E-state index in [-0.39, 0.29) is 29.3 Å². The average molecular weight is 453 g/mol. The number of benzene rings is 2. The van der Waals surface area contributed by atoms with E-state index in [2.05, 4.69) is 26.1 Å². The van der Waals surface area contributed by atoms with Gasteiger partial charge in [0.2, 0.25) is 5.89 Å². The SMILES string of the molecule is Cn1c(=O)n(Cc2ccc(-c3nnc(C(F)F)o3)cc2F)c2cc(Br)ccc21.